The molecule has 0 amide bonds. The second-order valence-corrected chi connectivity index (χ2v) is 8.09. The summed E-state index contributed by atoms with van der Waals surface area (Å²) in [4.78, 5) is 36.3. The summed E-state index contributed by atoms with van der Waals surface area (Å²) in [6.45, 7) is 31.5. The average molecular weight is 514 g/mol. The fourth-order valence-electron chi connectivity index (χ4n) is 3.23. The summed E-state index contributed by atoms with van der Waals surface area (Å²) in [6, 6.07) is 2.24. The molecule has 3 N–H and O–H groups in total. The summed E-state index contributed by atoms with van der Waals surface area (Å²) in [7, 11) is 0. The van der Waals surface area contributed by atoms with Crippen LogP contribution in [0.4, 0.5) is 0 Å². The number of carboxylic acids is 3. The Morgan fingerprint density at radius 2 is 0.583 bits per heavy atom. The van der Waals surface area contributed by atoms with Crippen LogP contribution in [-0.4, -0.2) is 76.8 Å². The monoisotopic (exact) mass is 513 g/mol. The number of benzene rings is 1. The van der Waals surface area contributed by atoms with E-state index in [1.165, 1.54) is 58.9 Å². The number of rotatable bonds is 12. The molecule has 0 heterocycles. The molecule has 0 saturated heterocycles. The van der Waals surface area contributed by atoms with Crippen LogP contribution in [0.15, 0.2) is 18.2 Å². The van der Waals surface area contributed by atoms with Gasteiger partial charge in [0.25, 0.3) is 0 Å². The van der Waals surface area contributed by atoms with Crippen molar-refractivity contribution in [2.45, 2.75) is 62.3 Å². The molecule has 36 heavy (non-hydrogen) atoms. The van der Waals surface area contributed by atoms with Crippen molar-refractivity contribution in [3.63, 3.8) is 0 Å². The van der Waals surface area contributed by atoms with Crippen molar-refractivity contribution in [3.05, 3.63) is 34.9 Å². The highest BCUT2D eigenvalue weighted by Crippen LogP contribution is 2.09. The molecule has 0 radical (unpaired) electrons. The van der Waals surface area contributed by atoms with E-state index < -0.39 is 34.6 Å². The third-order valence-corrected chi connectivity index (χ3v) is 6.14. The Labute approximate surface area is 218 Å². The molecule has 0 aliphatic carbocycles. The summed E-state index contributed by atoms with van der Waals surface area (Å²) in [5, 5.41) is 31.2. The lowest BCUT2D eigenvalue weighted by Crippen LogP contribution is -3.11. The first-order valence-corrected chi connectivity index (χ1v) is 13.3. The molecule has 210 valence electrons. The number of hydrogen-bond acceptors (Lipinski definition) is 6. The standard InChI is InChI=1S/C9H6O6.3C6H15N/c10-7(11)4-1-5(8(12)13)3-6(2-4)9(14)15;3*1-4-7(5-2)6-3/h1-3H,(H,10,11)(H,12,13)(H,14,15);3*4-6H2,1-3H3. The average Bonchev–Trinajstić information content (AvgIpc) is 2.88. The van der Waals surface area contributed by atoms with E-state index in [2.05, 4.69) is 62.3 Å². The summed E-state index contributed by atoms with van der Waals surface area (Å²) in [5.41, 5.74) is -1.68. The van der Waals surface area contributed by atoms with Crippen LogP contribution in [0.1, 0.15) is 93.4 Å². The van der Waals surface area contributed by atoms with Crippen LogP contribution >= 0.6 is 0 Å². The van der Waals surface area contributed by atoms with Gasteiger partial charge in [0.15, 0.2) is 0 Å². The van der Waals surface area contributed by atoms with Crippen LogP contribution in [0.3, 0.4) is 0 Å². The Balaban J connectivity index is -0.000000441. The van der Waals surface area contributed by atoms with E-state index in [4.69, 9.17) is 0 Å². The van der Waals surface area contributed by atoms with Crippen molar-refractivity contribution in [1.29, 1.82) is 0 Å². The largest absolute Gasteiger partial charge is 0.545 e. The number of aromatic carboxylic acids is 3. The highest BCUT2D eigenvalue weighted by Gasteiger charge is 2.03. The minimum atomic E-state index is -1.68. The first-order valence-electron chi connectivity index (χ1n) is 13.3. The van der Waals surface area contributed by atoms with Crippen LogP contribution in [0.2, 0.25) is 0 Å². The summed E-state index contributed by atoms with van der Waals surface area (Å²) >= 11 is 0. The Hall–Kier alpha value is -2.49. The van der Waals surface area contributed by atoms with Gasteiger partial charge >= 0.3 is 0 Å². The van der Waals surface area contributed by atoms with Crippen LogP contribution in [-0.2, 0) is 0 Å². The van der Waals surface area contributed by atoms with Gasteiger partial charge in [-0.25, -0.2) is 0 Å². The van der Waals surface area contributed by atoms with Gasteiger partial charge in [0.2, 0.25) is 0 Å². The molecule has 0 spiro atoms. The van der Waals surface area contributed by atoms with Crippen molar-refractivity contribution in [3.8, 4) is 0 Å². The van der Waals surface area contributed by atoms with Crippen LogP contribution in [0, 0.1) is 0 Å². The lowest BCUT2D eigenvalue weighted by molar-refractivity contribution is -0.894. The fourth-order valence-corrected chi connectivity index (χ4v) is 3.23. The van der Waals surface area contributed by atoms with E-state index >= 15 is 0 Å². The zero-order valence-electron chi connectivity index (χ0n) is 24.0. The lowest BCUT2D eigenvalue weighted by Gasteiger charge is -2.11. The third kappa shape index (κ3) is 18.8. The van der Waals surface area contributed by atoms with E-state index in [-0.39, 0.29) is 0 Å². The van der Waals surface area contributed by atoms with Crippen molar-refractivity contribution >= 4 is 17.9 Å². The molecule has 1 aromatic carbocycles. The van der Waals surface area contributed by atoms with Gasteiger partial charge in [-0.3, -0.25) is 0 Å². The van der Waals surface area contributed by atoms with Crippen molar-refractivity contribution < 1.29 is 44.4 Å². The molecule has 0 fully saturated rings. The van der Waals surface area contributed by atoms with E-state index in [1.807, 2.05) is 0 Å². The Morgan fingerprint density at radius 1 is 0.444 bits per heavy atom. The highest BCUT2D eigenvalue weighted by atomic mass is 16.4. The number of hydrogen-bond donors (Lipinski definition) is 3. The van der Waals surface area contributed by atoms with E-state index in [1.54, 1.807) is 14.7 Å². The van der Waals surface area contributed by atoms with Gasteiger partial charge in [0, 0.05) is 0 Å². The molecule has 0 aliphatic rings. The molecular weight excluding hydrogens is 462 g/mol. The van der Waals surface area contributed by atoms with Crippen molar-refractivity contribution in [1.82, 2.24) is 0 Å². The van der Waals surface area contributed by atoms with Crippen LogP contribution in [0.5, 0.6) is 0 Å². The molecule has 1 aromatic rings. The topological polar surface area (TPSA) is 134 Å². The molecule has 1 rings (SSSR count). The molecule has 0 aromatic heterocycles. The molecule has 0 saturated carbocycles. The number of nitrogens with one attached hydrogen (secondary N) is 3. The van der Waals surface area contributed by atoms with Gasteiger partial charge in [-0.05, 0) is 97.2 Å². The Kier molecular flexibility index (Phi) is 25.6. The zero-order chi connectivity index (χ0) is 28.7. The van der Waals surface area contributed by atoms with E-state index in [0.29, 0.717) is 0 Å². The molecule has 0 atom stereocenters. The number of carbonyl (C=O) groups is 3. The predicted octanol–water partition coefficient (Wildman–Crippen LogP) is -3.43. The van der Waals surface area contributed by atoms with Gasteiger partial charge < -0.3 is 44.4 Å². The van der Waals surface area contributed by atoms with Crippen LogP contribution in [0.25, 0.3) is 0 Å². The van der Waals surface area contributed by atoms with Crippen molar-refractivity contribution in [2.75, 3.05) is 58.9 Å². The van der Waals surface area contributed by atoms with Gasteiger partial charge in [-0.1, -0.05) is 0 Å². The van der Waals surface area contributed by atoms with Crippen LogP contribution < -0.4 is 30.0 Å². The SMILES string of the molecule is CC[NH+](CC)CC.CC[NH+](CC)CC.CC[NH+](CC)CC.O=C([O-])c1cc(C(=O)[O-])cc(C(=O)[O-])c1. The maximum absolute atomic E-state index is 10.4. The second-order valence-electron chi connectivity index (χ2n) is 8.09. The quantitative estimate of drug-likeness (QED) is 0.266. The minimum absolute atomic E-state index is 0.559. The molecule has 0 bridgehead atoms. The normalized spacial score (nSPS) is 10.0. The molecule has 9 heteroatoms. The first kappa shape index (κ1) is 38.0. The van der Waals surface area contributed by atoms with Gasteiger partial charge in [-0.2, -0.15) is 0 Å². The maximum Gasteiger partial charge on any atom is 0.0742 e. The summed E-state index contributed by atoms with van der Waals surface area (Å²) in [6.07, 6.45) is 0. The highest BCUT2D eigenvalue weighted by molar-refractivity contribution is 5.97. The smallest absolute Gasteiger partial charge is 0.0742 e. The van der Waals surface area contributed by atoms with Gasteiger partial charge in [0.05, 0.1) is 76.8 Å². The van der Waals surface area contributed by atoms with E-state index in [9.17, 15) is 29.7 Å². The second kappa shape index (κ2) is 24.2. The summed E-state index contributed by atoms with van der Waals surface area (Å²) < 4.78 is 0. The third-order valence-electron chi connectivity index (χ3n) is 6.14. The number of quaternary nitrogens is 3. The zero-order valence-corrected chi connectivity index (χ0v) is 24.0. The summed E-state index contributed by atoms with van der Waals surface area (Å²) in [5.74, 6) is -5.04. The molecular formula is C27H51N3O6. The fraction of sp³-hybridized carbons (Fsp3) is 0.667. The Bertz CT molecular complexity index is 591. The van der Waals surface area contributed by atoms with Gasteiger partial charge in [-0.15, -0.1) is 0 Å². The van der Waals surface area contributed by atoms with E-state index in [0.717, 1.165) is 18.2 Å². The number of carboxylic acid groups (broad SMARTS) is 3. The lowest BCUT2D eigenvalue weighted by atomic mass is 10.1. The first-order chi connectivity index (χ1) is 17.0. The molecule has 0 aliphatic heterocycles. The Morgan fingerprint density at radius 3 is 0.639 bits per heavy atom. The predicted molar refractivity (Wildman–Crippen MR) is 137 cm³/mol. The van der Waals surface area contributed by atoms with Gasteiger partial charge in [0.1, 0.15) is 0 Å². The maximum atomic E-state index is 10.4. The minimum Gasteiger partial charge on any atom is -0.545 e. The molecule has 9 nitrogen and oxygen atoms in total. The number of carbonyl (C=O) groups excluding carboxylic acids is 3. The molecule has 0 unspecified atom stereocenters. The van der Waals surface area contributed by atoms with Crippen molar-refractivity contribution in [2.24, 2.45) is 0 Å².